The van der Waals surface area contributed by atoms with Crippen molar-refractivity contribution in [2.45, 2.75) is 12.8 Å². The van der Waals surface area contributed by atoms with Gasteiger partial charge in [-0.05, 0) is 6.42 Å². The number of hydrogen-bond donors (Lipinski definition) is 0. The maximum absolute atomic E-state index is 5.28. The Kier molecular flexibility index (Phi) is 2.29. The highest BCUT2D eigenvalue weighted by Gasteiger charge is 2.17. The topological polar surface area (TPSA) is 3.24 Å². The van der Waals surface area contributed by atoms with Crippen LogP contribution in [0.25, 0.3) is 0 Å². The minimum Gasteiger partial charge on any atom is -0.369 e. The lowest BCUT2D eigenvalue weighted by Gasteiger charge is -2.28. The lowest BCUT2D eigenvalue weighted by molar-refractivity contribution is 0.405. The molecule has 0 aromatic carbocycles. The molecule has 54 valence electrons. The predicted molar refractivity (Wildman–Crippen MR) is 46.8 cm³/mol. The second-order valence-electron chi connectivity index (χ2n) is 2.67. The van der Waals surface area contributed by atoms with Crippen molar-refractivity contribution in [3.8, 4) is 12.3 Å². The van der Waals surface area contributed by atoms with Crippen molar-refractivity contribution in [2.24, 2.45) is 5.92 Å². The maximum Gasteiger partial charge on any atom is 0.0789 e. The Morgan fingerprint density at radius 2 is 2.50 bits per heavy atom. The molecule has 0 aliphatic carbocycles. The number of piperidine rings is 1. The van der Waals surface area contributed by atoms with E-state index < -0.39 is 0 Å². The highest BCUT2D eigenvalue weighted by atomic mass is 32.1. The van der Waals surface area contributed by atoms with Crippen LogP contribution in [0.4, 0.5) is 0 Å². The minimum absolute atomic E-state index is 0.392. The molecular weight excluding hydrogens is 142 g/mol. The number of thiocarbonyl (C=S) groups is 1. The Morgan fingerprint density at radius 1 is 1.80 bits per heavy atom. The molecule has 2 heteroatoms. The van der Waals surface area contributed by atoms with E-state index in [1.54, 1.807) is 0 Å². The molecule has 0 saturated carbocycles. The van der Waals surface area contributed by atoms with Crippen LogP contribution in [0.2, 0.25) is 0 Å². The van der Waals surface area contributed by atoms with Gasteiger partial charge in [0.05, 0.1) is 4.99 Å². The van der Waals surface area contributed by atoms with Crippen LogP contribution in [0.15, 0.2) is 0 Å². The molecule has 0 N–H and O–H groups in total. The van der Waals surface area contributed by atoms with Gasteiger partial charge < -0.3 is 4.90 Å². The summed E-state index contributed by atoms with van der Waals surface area (Å²) < 4.78 is 0. The van der Waals surface area contributed by atoms with Crippen LogP contribution >= 0.6 is 12.2 Å². The molecule has 1 aliphatic rings. The standard InChI is InChI=1S/C8H11NS/c1-3-7-4-5-9(2)8(10)6-7/h1,7H,4-6H2,2H3. The van der Waals surface area contributed by atoms with E-state index in [2.05, 4.69) is 10.8 Å². The third kappa shape index (κ3) is 1.48. The van der Waals surface area contributed by atoms with Crippen molar-refractivity contribution in [3.05, 3.63) is 0 Å². The quantitative estimate of drug-likeness (QED) is 0.381. The van der Waals surface area contributed by atoms with E-state index in [1.807, 2.05) is 7.05 Å². The monoisotopic (exact) mass is 153 g/mol. The largest absolute Gasteiger partial charge is 0.369 e. The fourth-order valence-corrected chi connectivity index (χ4v) is 1.38. The molecule has 1 unspecified atom stereocenters. The molecule has 0 spiro atoms. The van der Waals surface area contributed by atoms with Crippen LogP contribution in [-0.2, 0) is 0 Å². The Balaban J connectivity index is 2.50. The molecule has 10 heavy (non-hydrogen) atoms. The summed E-state index contributed by atoms with van der Waals surface area (Å²) in [5.41, 5.74) is 0. The van der Waals surface area contributed by atoms with Gasteiger partial charge in [-0.25, -0.2) is 0 Å². The molecular formula is C8H11NS. The van der Waals surface area contributed by atoms with Crippen molar-refractivity contribution in [1.82, 2.24) is 4.90 Å². The molecule has 1 nitrogen and oxygen atoms in total. The molecule has 0 bridgehead atoms. The van der Waals surface area contributed by atoms with Crippen molar-refractivity contribution in [1.29, 1.82) is 0 Å². The van der Waals surface area contributed by atoms with Crippen LogP contribution in [0, 0.1) is 18.3 Å². The van der Waals surface area contributed by atoms with Crippen molar-refractivity contribution in [2.75, 3.05) is 13.6 Å². The zero-order chi connectivity index (χ0) is 7.56. The summed E-state index contributed by atoms with van der Waals surface area (Å²) in [6.45, 7) is 1.02. The predicted octanol–water partition coefficient (Wildman–Crippen LogP) is 1.29. The zero-order valence-corrected chi connectivity index (χ0v) is 6.95. The van der Waals surface area contributed by atoms with Crippen LogP contribution < -0.4 is 0 Å². The normalized spacial score (nSPS) is 26.2. The Labute approximate surface area is 67.4 Å². The van der Waals surface area contributed by atoms with Gasteiger partial charge >= 0.3 is 0 Å². The van der Waals surface area contributed by atoms with Crippen LogP contribution in [-0.4, -0.2) is 23.5 Å². The second kappa shape index (κ2) is 3.03. The van der Waals surface area contributed by atoms with Crippen LogP contribution in [0.1, 0.15) is 12.8 Å². The fraction of sp³-hybridized carbons (Fsp3) is 0.625. The molecule has 0 amide bonds. The number of terminal acetylenes is 1. The first-order valence-electron chi connectivity index (χ1n) is 3.44. The highest BCUT2D eigenvalue weighted by molar-refractivity contribution is 7.80. The number of hydrogen-bond acceptors (Lipinski definition) is 1. The summed E-state index contributed by atoms with van der Waals surface area (Å²) in [4.78, 5) is 3.11. The summed E-state index contributed by atoms with van der Waals surface area (Å²) in [7, 11) is 2.02. The van der Waals surface area contributed by atoms with Crippen LogP contribution in [0.5, 0.6) is 0 Å². The average Bonchev–Trinajstić information content (AvgIpc) is 1.95. The molecule has 0 aromatic heterocycles. The molecule has 1 fully saturated rings. The lowest BCUT2D eigenvalue weighted by Crippen LogP contribution is -2.33. The number of nitrogens with zero attached hydrogens (tertiary/aromatic N) is 1. The molecule has 0 aromatic rings. The summed E-state index contributed by atoms with van der Waals surface area (Å²) in [5.74, 6) is 3.13. The van der Waals surface area contributed by atoms with Gasteiger partial charge in [-0.15, -0.1) is 12.3 Å². The Bertz CT molecular complexity index is 180. The van der Waals surface area contributed by atoms with E-state index >= 15 is 0 Å². The summed E-state index contributed by atoms with van der Waals surface area (Å²) >= 11 is 5.10. The van der Waals surface area contributed by atoms with Gasteiger partial charge in [-0.1, -0.05) is 12.2 Å². The molecule has 1 aliphatic heterocycles. The first-order chi connectivity index (χ1) is 4.74. The van der Waals surface area contributed by atoms with Gasteiger partial charge in [-0.2, -0.15) is 0 Å². The number of likely N-dealkylation sites (tertiary alicyclic amines) is 1. The lowest BCUT2D eigenvalue weighted by atomic mass is 9.98. The third-order valence-electron chi connectivity index (χ3n) is 1.90. The molecule has 1 heterocycles. The van der Waals surface area contributed by atoms with Gasteiger partial charge in [0.25, 0.3) is 0 Å². The molecule has 1 saturated heterocycles. The fourth-order valence-electron chi connectivity index (χ4n) is 1.09. The van der Waals surface area contributed by atoms with Crippen molar-refractivity contribution < 1.29 is 0 Å². The summed E-state index contributed by atoms with van der Waals surface area (Å²) in [6.07, 6.45) is 7.28. The van der Waals surface area contributed by atoms with E-state index in [4.69, 9.17) is 18.6 Å². The second-order valence-corrected chi connectivity index (χ2v) is 3.14. The average molecular weight is 153 g/mol. The third-order valence-corrected chi connectivity index (χ3v) is 2.37. The number of rotatable bonds is 0. The van der Waals surface area contributed by atoms with Crippen LogP contribution in [0.3, 0.4) is 0 Å². The van der Waals surface area contributed by atoms with Gasteiger partial charge in [0, 0.05) is 25.9 Å². The van der Waals surface area contributed by atoms with E-state index in [0.717, 1.165) is 24.4 Å². The van der Waals surface area contributed by atoms with E-state index in [9.17, 15) is 0 Å². The van der Waals surface area contributed by atoms with Gasteiger partial charge in [-0.3, -0.25) is 0 Å². The summed E-state index contributed by atoms with van der Waals surface area (Å²) in [5, 5.41) is 0. The molecule has 1 atom stereocenters. The van der Waals surface area contributed by atoms with Gasteiger partial charge in [0.1, 0.15) is 0 Å². The molecule has 1 rings (SSSR count). The van der Waals surface area contributed by atoms with E-state index in [-0.39, 0.29) is 0 Å². The smallest absolute Gasteiger partial charge is 0.0789 e. The zero-order valence-electron chi connectivity index (χ0n) is 6.13. The summed E-state index contributed by atoms with van der Waals surface area (Å²) in [6, 6.07) is 0. The Hall–Kier alpha value is -0.550. The van der Waals surface area contributed by atoms with Gasteiger partial charge in [0.15, 0.2) is 0 Å². The maximum atomic E-state index is 5.28. The molecule has 0 radical (unpaired) electrons. The van der Waals surface area contributed by atoms with Crippen molar-refractivity contribution in [3.63, 3.8) is 0 Å². The first kappa shape index (κ1) is 7.56. The van der Waals surface area contributed by atoms with Crippen molar-refractivity contribution >= 4 is 17.2 Å². The minimum atomic E-state index is 0.392. The van der Waals surface area contributed by atoms with E-state index in [1.165, 1.54) is 0 Å². The van der Waals surface area contributed by atoms with Gasteiger partial charge in [0.2, 0.25) is 0 Å². The van der Waals surface area contributed by atoms with E-state index in [0.29, 0.717) is 5.92 Å². The Morgan fingerprint density at radius 3 is 3.00 bits per heavy atom. The highest BCUT2D eigenvalue weighted by Crippen LogP contribution is 2.16. The first-order valence-corrected chi connectivity index (χ1v) is 3.85. The SMILES string of the molecule is C#CC1CCN(C)C(=S)C1.